The zero-order valence-corrected chi connectivity index (χ0v) is 15.0. The van der Waals surface area contributed by atoms with E-state index in [1.165, 1.54) is 6.92 Å². The third kappa shape index (κ3) is 3.80. The minimum absolute atomic E-state index is 0.00267. The summed E-state index contributed by atoms with van der Waals surface area (Å²) in [5.41, 5.74) is 0.336. The van der Waals surface area contributed by atoms with E-state index in [0.717, 1.165) is 0 Å². The zero-order valence-electron chi connectivity index (χ0n) is 15.0. The first-order chi connectivity index (χ1) is 10.6. The molecule has 0 spiro atoms. The van der Waals surface area contributed by atoms with Crippen LogP contribution < -0.4 is 0 Å². The average molecular weight is 324 g/mol. The fraction of sp³-hybridized carbons (Fsp3) is 0.526. The summed E-state index contributed by atoms with van der Waals surface area (Å²) in [6.45, 7) is 11.9. The van der Waals surface area contributed by atoms with Crippen LogP contribution in [0.2, 0.25) is 0 Å². The fourth-order valence-corrected chi connectivity index (χ4v) is 2.46. The summed E-state index contributed by atoms with van der Waals surface area (Å²) >= 11 is 0. The van der Waals surface area contributed by atoms with Gasteiger partial charge in [0.2, 0.25) is 0 Å². The van der Waals surface area contributed by atoms with Crippen LogP contribution in [0.5, 0.6) is 0 Å². The zero-order chi connectivity index (χ0) is 17.9. The van der Waals surface area contributed by atoms with Gasteiger partial charge in [0, 0.05) is 11.1 Å². The van der Waals surface area contributed by atoms with E-state index in [-0.39, 0.29) is 24.1 Å². The summed E-state index contributed by atoms with van der Waals surface area (Å²) in [5, 5.41) is 0. The third-order valence-electron chi connectivity index (χ3n) is 4.72. The lowest BCUT2D eigenvalue weighted by molar-refractivity contribution is -0.157. The number of benzene rings is 1. The second-order valence-corrected chi connectivity index (χ2v) is 6.59. The molecule has 1 atom stereocenters. The van der Waals surface area contributed by atoms with Crippen LogP contribution in [-0.2, 0) is 16.1 Å². The molecule has 0 aliphatic carbocycles. The lowest BCUT2D eigenvalue weighted by atomic mass is 9.80. The molecule has 0 saturated carbocycles. The monoisotopic (exact) mass is 324 g/mol. The molecule has 1 unspecified atom stereocenters. The molecule has 0 radical (unpaired) electrons. The lowest BCUT2D eigenvalue weighted by Crippen LogP contribution is -2.32. The van der Waals surface area contributed by atoms with Gasteiger partial charge in [-0.1, -0.05) is 19.1 Å². The van der Waals surface area contributed by atoms with Crippen LogP contribution in [0.4, 0.5) is 8.78 Å². The Kier molecular flexibility index (Phi) is 6.09. The predicted octanol–water partition coefficient (Wildman–Crippen LogP) is 5.17. The number of ether oxygens (including phenoxy) is 1. The number of carbonyl (C=O) groups is 1. The topological polar surface area (TPSA) is 26.3 Å². The number of halogens is 2. The van der Waals surface area contributed by atoms with Crippen molar-refractivity contribution < 1.29 is 18.3 Å². The Hall–Kier alpha value is -1.71. The molecule has 0 N–H and O–H groups in total. The first kappa shape index (κ1) is 19.3. The summed E-state index contributed by atoms with van der Waals surface area (Å²) < 4.78 is 33.4. The Morgan fingerprint density at radius 3 is 2.04 bits per heavy atom. The average Bonchev–Trinajstić information content (AvgIpc) is 2.50. The smallest absolute Gasteiger partial charge is 0.312 e. The van der Waals surface area contributed by atoms with Crippen LogP contribution in [0.25, 0.3) is 0 Å². The van der Waals surface area contributed by atoms with E-state index in [2.05, 4.69) is 0 Å². The number of esters is 1. The number of rotatable bonds is 5. The normalized spacial score (nSPS) is 13.4. The van der Waals surface area contributed by atoms with E-state index in [1.807, 2.05) is 26.0 Å². The summed E-state index contributed by atoms with van der Waals surface area (Å²) in [5.74, 6) is -1.56. The van der Waals surface area contributed by atoms with Gasteiger partial charge in [-0.3, -0.25) is 4.79 Å². The van der Waals surface area contributed by atoms with Crippen molar-refractivity contribution >= 4 is 5.97 Å². The Bertz CT molecular complexity index is 602. The molecule has 0 fully saturated rings. The summed E-state index contributed by atoms with van der Waals surface area (Å²) in [6.07, 6.45) is 3.82. The highest BCUT2D eigenvalue weighted by Gasteiger charge is 2.34. The summed E-state index contributed by atoms with van der Waals surface area (Å²) in [4.78, 5) is 12.4. The van der Waals surface area contributed by atoms with Crippen molar-refractivity contribution in [3.63, 3.8) is 0 Å². The van der Waals surface area contributed by atoms with Crippen LogP contribution in [0.3, 0.4) is 0 Å². The van der Waals surface area contributed by atoms with Gasteiger partial charge in [-0.05, 0) is 58.6 Å². The molecular formula is C19H26F2O2. The molecule has 23 heavy (non-hydrogen) atoms. The van der Waals surface area contributed by atoms with Gasteiger partial charge in [-0.15, -0.1) is 0 Å². The standard InChI is InChI=1S/C19H26F2O2/c1-8-9-11(2)19(6,7)18(22)23-10-15-12(3)16(20)14(5)17(21)13(15)4/h8-9,11H,10H2,1-7H3. The van der Waals surface area contributed by atoms with Gasteiger partial charge in [-0.2, -0.15) is 0 Å². The lowest BCUT2D eigenvalue weighted by Gasteiger charge is -2.27. The van der Waals surface area contributed by atoms with Crippen molar-refractivity contribution in [2.24, 2.45) is 11.3 Å². The molecule has 0 bridgehead atoms. The first-order valence-corrected chi connectivity index (χ1v) is 7.79. The van der Waals surface area contributed by atoms with E-state index in [4.69, 9.17) is 4.74 Å². The predicted molar refractivity (Wildman–Crippen MR) is 88.1 cm³/mol. The molecule has 128 valence electrons. The minimum atomic E-state index is -0.712. The quantitative estimate of drug-likeness (QED) is 0.551. The molecule has 2 nitrogen and oxygen atoms in total. The molecule has 0 aromatic heterocycles. The van der Waals surface area contributed by atoms with Gasteiger partial charge in [0.15, 0.2) is 0 Å². The molecule has 0 aliphatic rings. The van der Waals surface area contributed by atoms with Crippen LogP contribution in [-0.4, -0.2) is 5.97 Å². The first-order valence-electron chi connectivity index (χ1n) is 7.79. The maximum absolute atomic E-state index is 14.0. The highest BCUT2D eigenvalue weighted by Crippen LogP contribution is 2.31. The molecule has 1 rings (SSSR count). The molecule has 4 heteroatoms. The van der Waals surface area contributed by atoms with Crippen LogP contribution in [0.1, 0.15) is 49.9 Å². The Morgan fingerprint density at radius 2 is 1.61 bits per heavy atom. The Balaban J connectivity index is 3.02. The number of hydrogen-bond acceptors (Lipinski definition) is 2. The van der Waals surface area contributed by atoms with E-state index >= 15 is 0 Å². The minimum Gasteiger partial charge on any atom is -0.460 e. The highest BCUT2D eigenvalue weighted by atomic mass is 19.1. The molecular weight excluding hydrogens is 298 g/mol. The van der Waals surface area contributed by atoms with Crippen LogP contribution in [0, 0.1) is 43.7 Å². The van der Waals surface area contributed by atoms with Crippen molar-refractivity contribution in [2.45, 2.75) is 55.1 Å². The van der Waals surface area contributed by atoms with Crippen molar-refractivity contribution in [1.29, 1.82) is 0 Å². The summed E-state index contributed by atoms with van der Waals surface area (Å²) in [7, 11) is 0. The largest absolute Gasteiger partial charge is 0.460 e. The summed E-state index contributed by atoms with van der Waals surface area (Å²) in [6, 6.07) is 0. The maximum Gasteiger partial charge on any atom is 0.312 e. The van der Waals surface area contributed by atoms with Crippen molar-refractivity contribution in [3.8, 4) is 0 Å². The fourth-order valence-electron chi connectivity index (χ4n) is 2.46. The van der Waals surface area contributed by atoms with Crippen molar-refractivity contribution in [1.82, 2.24) is 0 Å². The number of carbonyl (C=O) groups excluding carboxylic acids is 1. The van der Waals surface area contributed by atoms with Crippen molar-refractivity contribution in [2.75, 3.05) is 0 Å². The van der Waals surface area contributed by atoms with Gasteiger partial charge in [0.25, 0.3) is 0 Å². The molecule has 1 aromatic carbocycles. The number of hydrogen-bond donors (Lipinski definition) is 0. The van der Waals surface area contributed by atoms with E-state index in [0.29, 0.717) is 16.7 Å². The molecule has 0 amide bonds. The van der Waals surface area contributed by atoms with Crippen LogP contribution >= 0.6 is 0 Å². The van der Waals surface area contributed by atoms with Gasteiger partial charge in [0.05, 0.1) is 5.41 Å². The van der Waals surface area contributed by atoms with Gasteiger partial charge in [0.1, 0.15) is 18.2 Å². The second-order valence-electron chi connectivity index (χ2n) is 6.59. The van der Waals surface area contributed by atoms with Gasteiger partial charge in [-0.25, -0.2) is 8.78 Å². The van der Waals surface area contributed by atoms with Gasteiger partial charge >= 0.3 is 5.97 Å². The highest BCUT2D eigenvalue weighted by molar-refractivity contribution is 5.76. The Morgan fingerprint density at radius 1 is 1.13 bits per heavy atom. The number of allylic oxidation sites excluding steroid dienone is 2. The molecule has 0 aliphatic heterocycles. The third-order valence-corrected chi connectivity index (χ3v) is 4.72. The van der Waals surface area contributed by atoms with E-state index < -0.39 is 17.0 Å². The molecule has 0 heterocycles. The van der Waals surface area contributed by atoms with E-state index in [9.17, 15) is 13.6 Å². The van der Waals surface area contributed by atoms with E-state index in [1.54, 1.807) is 27.7 Å². The van der Waals surface area contributed by atoms with Crippen LogP contribution in [0.15, 0.2) is 12.2 Å². The SMILES string of the molecule is CC=CC(C)C(C)(C)C(=O)OCc1c(C)c(F)c(C)c(F)c1C. The second kappa shape index (κ2) is 7.24. The molecule has 1 aromatic rings. The molecule has 0 saturated heterocycles. The van der Waals surface area contributed by atoms with Gasteiger partial charge < -0.3 is 4.74 Å². The van der Waals surface area contributed by atoms with Crippen molar-refractivity contribution in [3.05, 3.63) is 46.0 Å². The Labute approximate surface area is 137 Å². The maximum atomic E-state index is 14.0.